The third-order valence-corrected chi connectivity index (χ3v) is 3.22. The van der Waals surface area contributed by atoms with Gasteiger partial charge in [0.2, 0.25) is 0 Å². The van der Waals surface area contributed by atoms with Gasteiger partial charge in [0.15, 0.2) is 0 Å². The van der Waals surface area contributed by atoms with E-state index >= 15 is 0 Å². The van der Waals surface area contributed by atoms with Crippen LogP contribution >= 0.6 is 15.9 Å². The van der Waals surface area contributed by atoms with E-state index < -0.39 is 0 Å². The van der Waals surface area contributed by atoms with Crippen molar-refractivity contribution in [3.05, 3.63) is 26.8 Å². The largest absolute Gasteiger partial charge is 0.315 e. The number of halogens is 1. The molecule has 0 spiro atoms. The predicted octanol–water partition coefficient (Wildman–Crippen LogP) is 0.856. The third kappa shape index (κ3) is 4.88. The number of aryl methyl sites for hydroxylation is 1. The topological polar surface area (TPSA) is 50.2 Å². The van der Waals surface area contributed by atoms with E-state index in [1.165, 1.54) is 0 Å². The molecule has 6 heteroatoms. The van der Waals surface area contributed by atoms with Gasteiger partial charge in [-0.2, -0.15) is 0 Å². The molecule has 0 aliphatic carbocycles. The smallest absolute Gasteiger partial charge is 0.267 e. The Balaban J connectivity index is 2.36. The van der Waals surface area contributed by atoms with Crippen LogP contribution in [-0.2, 0) is 6.54 Å². The van der Waals surface area contributed by atoms with Crippen LogP contribution in [0.1, 0.15) is 12.2 Å². The van der Waals surface area contributed by atoms with Crippen LogP contribution in [-0.4, -0.2) is 48.2 Å². The maximum atomic E-state index is 11.8. The zero-order valence-corrected chi connectivity index (χ0v) is 12.8. The van der Waals surface area contributed by atoms with Crippen LogP contribution in [0.15, 0.2) is 15.5 Å². The maximum absolute atomic E-state index is 11.8. The summed E-state index contributed by atoms with van der Waals surface area (Å²) >= 11 is 3.21. The average Bonchev–Trinajstić information content (AvgIpc) is 2.32. The van der Waals surface area contributed by atoms with Crippen molar-refractivity contribution in [1.29, 1.82) is 0 Å². The highest BCUT2D eigenvalue weighted by Crippen LogP contribution is 2.00. The molecule has 0 radical (unpaired) electrons. The summed E-state index contributed by atoms with van der Waals surface area (Å²) < 4.78 is 2.20. The molecular weight excluding hydrogens is 296 g/mol. The standard InChI is InChI=1S/C12H21BrN4O/c1-10-15-9-11(13)12(18)17(10)8-6-14-5-4-7-16(2)3/h9,14H,4-8H2,1-3H3. The number of hydrogen-bond donors (Lipinski definition) is 1. The van der Waals surface area contributed by atoms with E-state index in [2.05, 4.69) is 45.2 Å². The van der Waals surface area contributed by atoms with Gasteiger partial charge in [0, 0.05) is 19.3 Å². The first-order chi connectivity index (χ1) is 8.52. The number of nitrogens with one attached hydrogen (secondary N) is 1. The molecule has 1 aromatic heterocycles. The fraction of sp³-hybridized carbons (Fsp3) is 0.667. The van der Waals surface area contributed by atoms with Crippen LogP contribution < -0.4 is 10.9 Å². The fourth-order valence-electron chi connectivity index (χ4n) is 1.65. The summed E-state index contributed by atoms with van der Waals surface area (Å²) in [5.74, 6) is 0.748. The van der Waals surface area contributed by atoms with Gasteiger partial charge in [-0.25, -0.2) is 4.98 Å². The summed E-state index contributed by atoms with van der Waals surface area (Å²) in [6.07, 6.45) is 2.66. The Bertz CT molecular complexity index is 431. The van der Waals surface area contributed by atoms with Crippen LogP contribution in [0.5, 0.6) is 0 Å². The zero-order chi connectivity index (χ0) is 13.5. The van der Waals surface area contributed by atoms with Crippen molar-refractivity contribution >= 4 is 15.9 Å². The Morgan fingerprint density at radius 2 is 2.17 bits per heavy atom. The second-order valence-electron chi connectivity index (χ2n) is 4.52. The van der Waals surface area contributed by atoms with Gasteiger partial charge in [0.1, 0.15) is 10.3 Å². The van der Waals surface area contributed by atoms with Gasteiger partial charge in [-0.15, -0.1) is 0 Å². The molecule has 18 heavy (non-hydrogen) atoms. The molecule has 0 aliphatic heterocycles. The lowest BCUT2D eigenvalue weighted by Crippen LogP contribution is -2.30. The van der Waals surface area contributed by atoms with Crippen molar-refractivity contribution in [3.63, 3.8) is 0 Å². The lowest BCUT2D eigenvalue weighted by atomic mass is 10.4. The molecule has 1 rings (SSSR count). The Morgan fingerprint density at radius 3 is 2.83 bits per heavy atom. The Kier molecular flexibility index (Phi) is 6.52. The monoisotopic (exact) mass is 316 g/mol. The molecule has 0 aliphatic rings. The molecule has 0 aromatic carbocycles. The minimum Gasteiger partial charge on any atom is -0.315 e. The highest BCUT2D eigenvalue weighted by Gasteiger charge is 2.04. The molecule has 5 nitrogen and oxygen atoms in total. The van der Waals surface area contributed by atoms with Gasteiger partial charge >= 0.3 is 0 Å². The minimum absolute atomic E-state index is 0.0161. The predicted molar refractivity (Wildman–Crippen MR) is 77.0 cm³/mol. The molecule has 0 amide bonds. The average molecular weight is 317 g/mol. The second-order valence-corrected chi connectivity index (χ2v) is 5.37. The molecule has 1 N–H and O–H groups in total. The lowest BCUT2D eigenvalue weighted by Gasteiger charge is -2.11. The minimum atomic E-state index is -0.0161. The lowest BCUT2D eigenvalue weighted by molar-refractivity contribution is 0.393. The summed E-state index contributed by atoms with van der Waals surface area (Å²) in [7, 11) is 4.13. The van der Waals surface area contributed by atoms with Crippen LogP contribution in [0.4, 0.5) is 0 Å². The Morgan fingerprint density at radius 1 is 1.44 bits per heavy atom. The van der Waals surface area contributed by atoms with Gasteiger partial charge in [-0.05, 0) is 56.5 Å². The first-order valence-corrected chi connectivity index (χ1v) is 6.89. The SMILES string of the molecule is Cc1ncc(Br)c(=O)n1CCNCCCN(C)C. The molecule has 0 bridgehead atoms. The zero-order valence-electron chi connectivity index (χ0n) is 11.2. The summed E-state index contributed by atoms with van der Waals surface area (Å²) in [6, 6.07) is 0. The third-order valence-electron chi connectivity index (χ3n) is 2.68. The van der Waals surface area contributed by atoms with Crippen molar-refractivity contribution in [1.82, 2.24) is 19.8 Å². The quantitative estimate of drug-likeness (QED) is 0.758. The normalized spacial score (nSPS) is 11.2. The van der Waals surface area contributed by atoms with Crippen LogP contribution in [0.2, 0.25) is 0 Å². The second kappa shape index (κ2) is 7.66. The van der Waals surface area contributed by atoms with E-state index in [-0.39, 0.29) is 5.56 Å². The van der Waals surface area contributed by atoms with E-state index in [9.17, 15) is 4.79 Å². The van der Waals surface area contributed by atoms with Crippen LogP contribution in [0.3, 0.4) is 0 Å². The van der Waals surface area contributed by atoms with Crippen LogP contribution in [0, 0.1) is 6.92 Å². The van der Waals surface area contributed by atoms with E-state index in [0.717, 1.165) is 31.9 Å². The summed E-state index contributed by atoms with van der Waals surface area (Å²) in [4.78, 5) is 18.2. The van der Waals surface area contributed by atoms with E-state index in [1.54, 1.807) is 10.8 Å². The van der Waals surface area contributed by atoms with Crippen molar-refractivity contribution in [2.45, 2.75) is 19.9 Å². The Labute approximate surface area is 116 Å². The maximum Gasteiger partial charge on any atom is 0.267 e. The van der Waals surface area contributed by atoms with Crippen molar-refractivity contribution in [2.75, 3.05) is 33.7 Å². The van der Waals surface area contributed by atoms with Gasteiger partial charge in [-0.3, -0.25) is 9.36 Å². The van der Waals surface area contributed by atoms with Gasteiger partial charge in [0.05, 0.1) is 0 Å². The van der Waals surface area contributed by atoms with Gasteiger partial charge in [0.25, 0.3) is 5.56 Å². The van der Waals surface area contributed by atoms with Crippen molar-refractivity contribution < 1.29 is 0 Å². The molecule has 1 heterocycles. The Hall–Kier alpha value is -0.720. The fourth-order valence-corrected chi connectivity index (χ4v) is 1.97. The number of nitrogens with zero attached hydrogens (tertiary/aromatic N) is 3. The molecular formula is C12H21BrN4O. The van der Waals surface area contributed by atoms with Gasteiger partial charge in [-0.1, -0.05) is 0 Å². The number of hydrogen-bond acceptors (Lipinski definition) is 4. The highest BCUT2D eigenvalue weighted by atomic mass is 79.9. The number of rotatable bonds is 7. The van der Waals surface area contributed by atoms with E-state index in [4.69, 9.17) is 0 Å². The first kappa shape index (κ1) is 15.3. The molecule has 0 unspecified atom stereocenters. The van der Waals surface area contributed by atoms with Crippen molar-refractivity contribution in [2.24, 2.45) is 0 Å². The summed E-state index contributed by atoms with van der Waals surface area (Å²) in [5, 5.41) is 3.33. The van der Waals surface area contributed by atoms with E-state index in [1.807, 2.05) is 6.92 Å². The molecule has 0 saturated carbocycles. The highest BCUT2D eigenvalue weighted by molar-refractivity contribution is 9.10. The number of aromatic nitrogens is 2. The summed E-state index contributed by atoms with van der Waals surface area (Å²) in [6.45, 7) is 5.32. The van der Waals surface area contributed by atoms with Crippen molar-refractivity contribution in [3.8, 4) is 0 Å². The molecule has 0 saturated heterocycles. The van der Waals surface area contributed by atoms with Gasteiger partial charge < -0.3 is 10.2 Å². The van der Waals surface area contributed by atoms with E-state index in [0.29, 0.717) is 11.0 Å². The first-order valence-electron chi connectivity index (χ1n) is 6.09. The molecule has 0 atom stereocenters. The molecule has 0 fully saturated rings. The van der Waals surface area contributed by atoms with Crippen LogP contribution in [0.25, 0.3) is 0 Å². The summed E-state index contributed by atoms with van der Waals surface area (Å²) in [5.41, 5.74) is -0.0161. The molecule has 1 aromatic rings. The molecule has 102 valence electrons.